The van der Waals surface area contributed by atoms with Crippen LogP contribution in [0.3, 0.4) is 0 Å². The van der Waals surface area contributed by atoms with Gasteiger partial charge >= 0.3 is 11.9 Å². The summed E-state index contributed by atoms with van der Waals surface area (Å²) in [5, 5.41) is 11.6. The average molecular weight is 810 g/mol. The molecular weight excluding hydrogens is 727 g/mol. The molecule has 0 aromatic carbocycles. The van der Waals surface area contributed by atoms with Gasteiger partial charge in [-0.05, 0) is 70.6 Å². The van der Waals surface area contributed by atoms with E-state index in [0.29, 0.717) is 12.8 Å². The standard InChI is InChI=1S/C50H83NO7/c1-6-8-10-12-14-16-18-20-22-24-25-27-28-30-32-34-36-38-40-48(52)57-45-46(44-56-43-42-47(50(54)55)51(3,4)5)58-49(53)41-39-37-35-33-31-29-26-23-21-19-17-15-13-11-9-7-2/h9,11,15,17,21-25,27,29,31,35,37,46-47H,6-8,10,12-14,16,18-20,26,28,30,32-34,36,38-45H2,1-5H3/b11-9+,17-15+,23-21+,24-22+,27-25+,31-29+,37-35+. The summed E-state index contributed by atoms with van der Waals surface area (Å²) in [4.78, 5) is 36.8. The third-order valence-corrected chi connectivity index (χ3v) is 9.56. The number of nitrogens with zero attached hydrogens (tertiary/aromatic N) is 1. The van der Waals surface area contributed by atoms with Gasteiger partial charge in [0.05, 0.1) is 40.3 Å². The Kier molecular flexibility index (Phi) is 37.9. The van der Waals surface area contributed by atoms with Gasteiger partial charge in [-0.1, -0.05) is 157 Å². The van der Waals surface area contributed by atoms with Crippen LogP contribution in [0.25, 0.3) is 0 Å². The topological polar surface area (TPSA) is 102 Å². The Morgan fingerprint density at radius 2 is 1.05 bits per heavy atom. The van der Waals surface area contributed by atoms with E-state index in [2.05, 4.69) is 86.8 Å². The Hall–Kier alpha value is -3.49. The molecule has 0 aliphatic heterocycles. The zero-order valence-electron chi connectivity index (χ0n) is 37.4. The molecule has 8 nitrogen and oxygen atoms in total. The Balaban J connectivity index is 4.48. The third-order valence-electron chi connectivity index (χ3n) is 9.56. The second kappa shape index (κ2) is 40.3. The van der Waals surface area contributed by atoms with Crippen molar-refractivity contribution in [3.8, 4) is 0 Å². The van der Waals surface area contributed by atoms with Gasteiger partial charge in [0.15, 0.2) is 6.10 Å². The van der Waals surface area contributed by atoms with Crippen molar-refractivity contribution in [1.82, 2.24) is 0 Å². The molecule has 0 fully saturated rings. The molecule has 2 atom stereocenters. The number of allylic oxidation sites excluding steroid dienone is 14. The number of aliphatic carboxylic acids is 1. The minimum atomic E-state index is -1.14. The SMILES string of the molecule is CC/C=C/C/C=C/C/C=C/C/C=C/C/C=C/CCC(=O)OC(COCCC(C(=O)[O-])[N+](C)(C)C)COC(=O)CCCCCCC/C=C/C=C/CCCCCCCCC. The van der Waals surface area contributed by atoms with Crippen LogP contribution in [0, 0.1) is 0 Å². The Morgan fingerprint density at radius 3 is 1.57 bits per heavy atom. The normalized spacial score (nSPS) is 13.7. The van der Waals surface area contributed by atoms with Crippen molar-refractivity contribution >= 4 is 17.9 Å². The molecule has 330 valence electrons. The Morgan fingerprint density at radius 1 is 0.552 bits per heavy atom. The number of hydrogen-bond donors (Lipinski definition) is 0. The lowest BCUT2D eigenvalue weighted by Crippen LogP contribution is -2.55. The lowest BCUT2D eigenvalue weighted by Gasteiger charge is -2.34. The van der Waals surface area contributed by atoms with E-state index in [0.717, 1.165) is 77.0 Å². The number of carboxylic acid groups (broad SMARTS) is 1. The van der Waals surface area contributed by atoms with E-state index < -0.39 is 24.1 Å². The van der Waals surface area contributed by atoms with E-state index in [4.69, 9.17) is 14.2 Å². The van der Waals surface area contributed by atoms with Crippen molar-refractivity contribution in [2.75, 3.05) is 41.0 Å². The molecule has 2 unspecified atom stereocenters. The fourth-order valence-electron chi connectivity index (χ4n) is 6.05. The van der Waals surface area contributed by atoms with Gasteiger partial charge in [0.2, 0.25) is 0 Å². The van der Waals surface area contributed by atoms with E-state index in [1.54, 1.807) is 21.1 Å². The average Bonchev–Trinajstić information content (AvgIpc) is 3.18. The summed E-state index contributed by atoms with van der Waals surface area (Å²) in [6, 6.07) is -0.745. The van der Waals surface area contributed by atoms with Crippen molar-refractivity contribution in [2.45, 2.75) is 174 Å². The highest BCUT2D eigenvalue weighted by Crippen LogP contribution is 2.12. The lowest BCUT2D eigenvalue weighted by molar-refractivity contribution is -0.889. The van der Waals surface area contributed by atoms with Crippen molar-refractivity contribution in [3.63, 3.8) is 0 Å². The van der Waals surface area contributed by atoms with Gasteiger partial charge in [-0.15, -0.1) is 0 Å². The summed E-state index contributed by atoms with van der Waals surface area (Å²) in [5.74, 6) is -1.87. The van der Waals surface area contributed by atoms with E-state index in [-0.39, 0.29) is 43.1 Å². The van der Waals surface area contributed by atoms with E-state index in [1.807, 2.05) is 12.2 Å². The molecular formula is C50H83NO7. The molecule has 0 aromatic heterocycles. The number of carboxylic acids is 1. The number of quaternary nitrogens is 1. The molecule has 8 heteroatoms. The number of rotatable bonds is 39. The molecule has 0 bridgehead atoms. The second-order valence-electron chi connectivity index (χ2n) is 15.9. The van der Waals surface area contributed by atoms with Crippen LogP contribution in [-0.4, -0.2) is 75.5 Å². The molecule has 0 aliphatic carbocycles. The van der Waals surface area contributed by atoms with Gasteiger partial charge in [0.1, 0.15) is 12.6 Å². The number of esters is 2. The minimum Gasteiger partial charge on any atom is -0.544 e. The maximum Gasteiger partial charge on any atom is 0.306 e. The molecule has 0 heterocycles. The highest BCUT2D eigenvalue weighted by molar-refractivity contribution is 5.70. The highest BCUT2D eigenvalue weighted by atomic mass is 16.6. The third kappa shape index (κ3) is 38.1. The first-order valence-electron chi connectivity index (χ1n) is 22.6. The van der Waals surface area contributed by atoms with Gasteiger partial charge in [-0.2, -0.15) is 0 Å². The zero-order valence-corrected chi connectivity index (χ0v) is 37.4. The quantitative estimate of drug-likeness (QED) is 0.0200. The summed E-state index contributed by atoms with van der Waals surface area (Å²) in [7, 11) is 5.37. The second-order valence-corrected chi connectivity index (χ2v) is 15.9. The first-order valence-corrected chi connectivity index (χ1v) is 22.6. The van der Waals surface area contributed by atoms with E-state index in [1.165, 1.54) is 44.9 Å². The minimum absolute atomic E-state index is 0.00102. The molecule has 0 amide bonds. The Bertz CT molecular complexity index is 1220. The smallest absolute Gasteiger partial charge is 0.306 e. The zero-order chi connectivity index (χ0) is 42.8. The molecule has 0 N–H and O–H groups in total. The summed E-state index contributed by atoms with van der Waals surface area (Å²) in [6.07, 6.45) is 52.0. The number of carbonyl (C=O) groups is 3. The maximum atomic E-state index is 12.7. The molecule has 0 spiro atoms. The van der Waals surface area contributed by atoms with Crippen LogP contribution in [0.15, 0.2) is 85.1 Å². The first-order chi connectivity index (χ1) is 28.1. The van der Waals surface area contributed by atoms with Crippen LogP contribution in [0.4, 0.5) is 0 Å². The van der Waals surface area contributed by atoms with Crippen molar-refractivity contribution < 1.29 is 38.2 Å². The number of ether oxygens (including phenoxy) is 3. The van der Waals surface area contributed by atoms with Crippen LogP contribution >= 0.6 is 0 Å². The number of unbranched alkanes of at least 4 members (excludes halogenated alkanes) is 12. The van der Waals surface area contributed by atoms with Gasteiger partial charge in [0, 0.05) is 19.3 Å². The summed E-state index contributed by atoms with van der Waals surface area (Å²) < 4.78 is 17.1. The fourth-order valence-corrected chi connectivity index (χ4v) is 6.05. The summed E-state index contributed by atoms with van der Waals surface area (Å²) >= 11 is 0. The van der Waals surface area contributed by atoms with Crippen molar-refractivity contribution in [3.05, 3.63) is 85.1 Å². The molecule has 0 rings (SSSR count). The monoisotopic (exact) mass is 810 g/mol. The van der Waals surface area contributed by atoms with Crippen molar-refractivity contribution in [1.29, 1.82) is 0 Å². The molecule has 0 saturated carbocycles. The molecule has 0 radical (unpaired) electrons. The molecule has 0 saturated heterocycles. The Labute approximate surface area is 354 Å². The van der Waals surface area contributed by atoms with Crippen LogP contribution in [-0.2, 0) is 28.6 Å². The number of hydrogen-bond acceptors (Lipinski definition) is 7. The van der Waals surface area contributed by atoms with Gasteiger partial charge < -0.3 is 28.6 Å². The predicted molar refractivity (Wildman–Crippen MR) is 240 cm³/mol. The maximum absolute atomic E-state index is 12.7. The largest absolute Gasteiger partial charge is 0.544 e. The molecule has 0 aromatic rings. The first kappa shape index (κ1) is 54.5. The lowest BCUT2D eigenvalue weighted by atomic mass is 10.1. The molecule has 0 aliphatic rings. The van der Waals surface area contributed by atoms with E-state index in [9.17, 15) is 19.5 Å². The van der Waals surface area contributed by atoms with Crippen molar-refractivity contribution in [2.24, 2.45) is 0 Å². The van der Waals surface area contributed by atoms with Gasteiger partial charge in [0.25, 0.3) is 0 Å². The number of likely N-dealkylation sites (N-methyl/N-ethyl adjacent to an activating group) is 1. The van der Waals surface area contributed by atoms with Crippen LogP contribution in [0.5, 0.6) is 0 Å². The summed E-state index contributed by atoms with van der Waals surface area (Å²) in [5.41, 5.74) is 0. The van der Waals surface area contributed by atoms with E-state index >= 15 is 0 Å². The molecule has 58 heavy (non-hydrogen) atoms. The highest BCUT2D eigenvalue weighted by Gasteiger charge is 2.25. The van der Waals surface area contributed by atoms with Crippen LogP contribution < -0.4 is 5.11 Å². The van der Waals surface area contributed by atoms with Crippen LogP contribution in [0.2, 0.25) is 0 Å². The number of carbonyl (C=O) groups excluding carboxylic acids is 3. The summed E-state index contributed by atoms with van der Waals surface area (Å²) in [6.45, 7) is 4.43. The van der Waals surface area contributed by atoms with Gasteiger partial charge in [-0.3, -0.25) is 9.59 Å². The fraction of sp³-hybridized carbons (Fsp3) is 0.660. The predicted octanol–water partition coefficient (Wildman–Crippen LogP) is 11.2. The van der Waals surface area contributed by atoms with Crippen LogP contribution in [0.1, 0.15) is 162 Å². The van der Waals surface area contributed by atoms with Gasteiger partial charge in [-0.25, -0.2) is 0 Å².